The number of nitrogens with zero attached hydrogens (tertiary/aromatic N) is 3. The van der Waals surface area contributed by atoms with Crippen molar-refractivity contribution in [2.45, 2.75) is 6.42 Å². The number of rotatable bonds is 9. The summed E-state index contributed by atoms with van der Waals surface area (Å²) in [5.74, 6) is 0.461. The molecule has 0 spiro atoms. The lowest BCUT2D eigenvalue weighted by atomic mass is 10.1. The third-order valence-electron chi connectivity index (χ3n) is 4.82. The molecule has 1 saturated heterocycles. The minimum absolute atomic E-state index is 0.0532. The second kappa shape index (κ2) is 12.8. The number of aliphatic imine (C=N–C) groups is 1. The maximum absolute atomic E-state index is 11.9. The van der Waals surface area contributed by atoms with Gasteiger partial charge in [0.2, 0.25) is 5.91 Å². The lowest BCUT2D eigenvalue weighted by Crippen LogP contribution is -2.45. The van der Waals surface area contributed by atoms with Crippen molar-refractivity contribution in [1.29, 1.82) is 0 Å². The van der Waals surface area contributed by atoms with E-state index in [1.807, 2.05) is 18.2 Å². The number of benzene rings is 1. The topological polar surface area (TPSA) is 98.3 Å². The fraction of sp³-hybridized carbons (Fsp3) is 0.571. The number of nitrogens with one attached hydrogen (secondary N) is 3. The van der Waals surface area contributed by atoms with E-state index in [2.05, 4.69) is 25.8 Å². The minimum Gasteiger partial charge on any atom is -0.379 e. The van der Waals surface area contributed by atoms with E-state index in [1.165, 1.54) is 4.90 Å². The van der Waals surface area contributed by atoms with Crippen LogP contribution in [0, 0.1) is 0 Å². The summed E-state index contributed by atoms with van der Waals surface area (Å²) in [6.07, 6.45) is 0.733. The van der Waals surface area contributed by atoms with Crippen LogP contribution < -0.4 is 16.0 Å². The molecule has 0 atom stereocenters. The summed E-state index contributed by atoms with van der Waals surface area (Å²) >= 11 is 0. The van der Waals surface area contributed by atoms with Crippen molar-refractivity contribution in [3.63, 3.8) is 0 Å². The van der Waals surface area contributed by atoms with Crippen LogP contribution in [0.1, 0.15) is 15.9 Å². The Labute approximate surface area is 178 Å². The lowest BCUT2D eigenvalue weighted by molar-refractivity contribution is -0.127. The molecule has 9 nitrogen and oxygen atoms in total. The monoisotopic (exact) mass is 418 g/mol. The van der Waals surface area contributed by atoms with E-state index >= 15 is 0 Å². The maximum Gasteiger partial charge on any atom is 0.251 e. The van der Waals surface area contributed by atoms with Gasteiger partial charge in [-0.05, 0) is 24.1 Å². The zero-order valence-electron chi connectivity index (χ0n) is 18.2. The smallest absolute Gasteiger partial charge is 0.251 e. The number of ether oxygens (including phenoxy) is 1. The molecule has 9 heteroatoms. The lowest BCUT2D eigenvalue weighted by Gasteiger charge is -2.26. The first-order valence-corrected chi connectivity index (χ1v) is 10.3. The van der Waals surface area contributed by atoms with Crippen LogP contribution in [0.4, 0.5) is 0 Å². The quantitative estimate of drug-likeness (QED) is 0.371. The summed E-state index contributed by atoms with van der Waals surface area (Å²) < 4.78 is 5.37. The van der Waals surface area contributed by atoms with E-state index in [4.69, 9.17) is 4.74 Å². The highest BCUT2D eigenvalue weighted by Crippen LogP contribution is 2.05. The number of hydrogen-bond donors (Lipinski definition) is 3. The number of guanidine groups is 1. The van der Waals surface area contributed by atoms with E-state index in [0.29, 0.717) is 18.1 Å². The number of hydrogen-bond acceptors (Lipinski definition) is 5. The van der Waals surface area contributed by atoms with Gasteiger partial charge in [0.25, 0.3) is 5.91 Å². The van der Waals surface area contributed by atoms with Gasteiger partial charge in [0, 0.05) is 59.4 Å². The van der Waals surface area contributed by atoms with Crippen molar-refractivity contribution in [2.24, 2.45) is 4.99 Å². The third-order valence-corrected chi connectivity index (χ3v) is 4.82. The molecule has 2 amide bonds. The first kappa shape index (κ1) is 23.6. The molecule has 0 unspecified atom stereocenters. The van der Waals surface area contributed by atoms with Crippen molar-refractivity contribution in [3.05, 3.63) is 35.4 Å². The summed E-state index contributed by atoms with van der Waals surface area (Å²) in [5, 5.41) is 9.23. The average molecular weight is 419 g/mol. The van der Waals surface area contributed by atoms with Crippen LogP contribution in [0.25, 0.3) is 0 Å². The fourth-order valence-electron chi connectivity index (χ4n) is 2.96. The van der Waals surface area contributed by atoms with Crippen molar-refractivity contribution < 1.29 is 14.3 Å². The molecule has 1 aliphatic rings. The van der Waals surface area contributed by atoms with Crippen molar-refractivity contribution in [1.82, 2.24) is 25.8 Å². The summed E-state index contributed by atoms with van der Waals surface area (Å²) in [7, 11) is 5.06. The molecule has 1 fully saturated rings. The molecule has 0 radical (unpaired) electrons. The summed E-state index contributed by atoms with van der Waals surface area (Å²) in [6.45, 7) is 5.75. The molecule has 0 aliphatic carbocycles. The van der Waals surface area contributed by atoms with Gasteiger partial charge in [-0.3, -0.25) is 14.5 Å². The van der Waals surface area contributed by atoms with Crippen molar-refractivity contribution >= 4 is 17.8 Å². The van der Waals surface area contributed by atoms with Gasteiger partial charge < -0.3 is 25.6 Å². The normalized spacial score (nSPS) is 14.8. The van der Waals surface area contributed by atoms with E-state index < -0.39 is 0 Å². The Morgan fingerprint density at radius 2 is 1.90 bits per heavy atom. The number of amides is 2. The Balaban J connectivity index is 1.87. The van der Waals surface area contributed by atoms with Gasteiger partial charge in [0.15, 0.2) is 5.96 Å². The van der Waals surface area contributed by atoms with Crippen LogP contribution >= 0.6 is 0 Å². The Hall–Kier alpha value is -2.65. The van der Waals surface area contributed by atoms with Crippen LogP contribution in [-0.4, -0.2) is 101 Å². The molecular weight excluding hydrogens is 384 g/mol. The van der Waals surface area contributed by atoms with Gasteiger partial charge in [-0.1, -0.05) is 12.1 Å². The van der Waals surface area contributed by atoms with Gasteiger partial charge in [-0.15, -0.1) is 0 Å². The summed E-state index contributed by atoms with van der Waals surface area (Å²) in [6, 6.07) is 7.55. The molecular formula is C21H34N6O3. The first-order valence-electron chi connectivity index (χ1n) is 10.3. The van der Waals surface area contributed by atoms with Gasteiger partial charge in [0.1, 0.15) is 6.54 Å². The van der Waals surface area contributed by atoms with Gasteiger partial charge in [-0.2, -0.15) is 0 Å². The molecule has 166 valence electrons. The molecule has 0 saturated carbocycles. The predicted molar refractivity (Wildman–Crippen MR) is 118 cm³/mol. The van der Waals surface area contributed by atoms with Crippen LogP contribution in [-0.2, 0) is 16.0 Å². The number of morpholine rings is 1. The summed E-state index contributed by atoms with van der Waals surface area (Å²) in [5.41, 5.74) is 1.70. The summed E-state index contributed by atoms with van der Waals surface area (Å²) in [4.78, 5) is 32.0. The Morgan fingerprint density at radius 1 is 1.17 bits per heavy atom. The fourth-order valence-corrected chi connectivity index (χ4v) is 2.96. The Morgan fingerprint density at radius 3 is 2.60 bits per heavy atom. The van der Waals surface area contributed by atoms with Crippen molar-refractivity contribution in [3.8, 4) is 0 Å². The van der Waals surface area contributed by atoms with Crippen LogP contribution in [0.3, 0.4) is 0 Å². The molecule has 1 heterocycles. The van der Waals surface area contributed by atoms with E-state index in [1.54, 1.807) is 27.2 Å². The second-order valence-electron chi connectivity index (χ2n) is 7.29. The van der Waals surface area contributed by atoms with Crippen LogP contribution in [0.2, 0.25) is 0 Å². The van der Waals surface area contributed by atoms with E-state index in [9.17, 15) is 9.59 Å². The van der Waals surface area contributed by atoms with Gasteiger partial charge >= 0.3 is 0 Å². The Bertz CT molecular complexity index is 716. The molecule has 1 aromatic rings. The molecule has 0 bridgehead atoms. The molecule has 30 heavy (non-hydrogen) atoms. The SMILES string of the molecule is CNC(=O)c1cccc(CCNC(=NCC(=O)N(C)C)NCCN2CCOCC2)c1. The van der Waals surface area contributed by atoms with Gasteiger partial charge in [0.05, 0.1) is 13.2 Å². The van der Waals surface area contributed by atoms with E-state index in [0.717, 1.165) is 51.4 Å². The molecule has 1 aliphatic heterocycles. The average Bonchev–Trinajstić information content (AvgIpc) is 2.77. The highest BCUT2D eigenvalue weighted by Gasteiger charge is 2.10. The molecule has 1 aromatic carbocycles. The second-order valence-corrected chi connectivity index (χ2v) is 7.29. The third kappa shape index (κ3) is 8.38. The first-order chi connectivity index (χ1) is 14.5. The minimum atomic E-state index is -0.0981. The highest BCUT2D eigenvalue weighted by atomic mass is 16.5. The van der Waals surface area contributed by atoms with Crippen LogP contribution in [0.15, 0.2) is 29.3 Å². The predicted octanol–water partition coefficient (Wildman–Crippen LogP) is -0.456. The Kier molecular flexibility index (Phi) is 10.1. The van der Waals surface area contributed by atoms with Gasteiger partial charge in [-0.25, -0.2) is 4.99 Å². The number of carbonyl (C=O) groups is 2. The zero-order chi connectivity index (χ0) is 21.8. The zero-order valence-corrected chi connectivity index (χ0v) is 18.2. The largest absolute Gasteiger partial charge is 0.379 e. The molecule has 0 aromatic heterocycles. The molecule has 3 N–H and O–H groups in total. The molecule has 2 rings (SSSR count). The van der Waals surface area contributed by atoms with Crippen LogP contribution in [0.5, 0.6) is 0 Å². The standard InChI is InChI=1S/C21H34N6O3/c1-22-20(29)18-6-4-5-17(15-18)7-8-23-21(25-16-19(28)26(2)3)24-9-10-27-11-13-30-14-12-27/h4-6,15H,7-14,16H2,1-3H3,(H,22,29)(H2,23,24,25). The van der Waals surface area contributed by atoms with E-state index in [-0.39, 0.29) is 18.4 Å². The maximum atomic E-state index is 11.9. The number of likely N-dealkylation sites (N-methyl/N-ethyl adjacent to an activating group) is 1. The number of carbonyl (C=O) groups excluding carboxylic acids is 2. The van der Waals surface area contributed by atoms with Crippen molar-refractivity contribution in [2.75, 3.05) is 73.6 Å². The highest BCUT2D eigenvalue weighted by molar-refractivity contribution is 5.94.